The van der Waals surface area contributed by atoms with Gasteiger partial charge in [0.1, 0.15) is 11.5 Å². The number of rotatable bonds is 6. The smallest absolute Gasteiger partial charge is 0.276 e. The number of ether oxygens (including phenoxy) is 2. The fourth-order valence-electron chi connectivity index (χ4n) is 3.06. The third kappa shape index (κ3) is 4.00. The largest absolute Gasteiger partial charge is 0.497 e. The third-order valence-electron chi connectivity index (χ3n) is 4.53. The number of para-hydroxylation sites is 1. The molecule has 0 bridgehead atoms. The van der Waals surface area contributed by atoms with Crippen molar-refractivity contribution in [3.8, 4) is 28.4 Å². The number of amides is 1. The standard InChI is InChI=1S/C23H20N4O3/c1-29-19-12-17(13-20(14-19)30-2)25-23(28)21-15-22(16-8-10-24-11-9-16)27(26-21)18-6-4-3-5-7-18/h3-15H,1-2H3,(H,25,28). The van der Waals surface area contributed by atoms with Crippen LogP contribution < -0.4 is 14.8 Å². The molecule has 4 aromatic rings. The lowest BCUT2D eigenvalue weighted by molar-refractivity contribution is 0.102. The van der Waals surface area contributed by atoms with Crippen LogP contribution in [0.3, 0.4) is 0 Å². The van der Waals surface area contributed by atoms with Crippen molar-refractivity contribution in [2.45, 2.75) is 0 Å². The first-order valence-electron chi connectivity index (χ1n) is 9.28. The molecule has 150 valence electrons. The molecule has 0 aliphatic carbocycles. The van der Waals surface area contributed by atoms with Gasteiger partial charge in [-0.25, -0.2) is 4.68 Å². The molecule has 1 N–H and O–H groups in total. The van der Waals surface area contributed by atoms with Gasteiger partial charge < -0.3 is 14.8 Å². The van der Waals surface area contributed by atoms with Crippen molar-refractivity contribution in [2.24, 2.45) is 0 Å². The minimum Gasteiger partial charge on any atom is -0.497 e. The van der Waals surface area contributed by atoms with E-state index in [1.807, 2.05) is 42.5 Å². The average molecular weight is 400 g/mol. The van der Waals surface area contributed by atoms with Crippen LogP contribution in [0.15, 0.2) is 79.1 Å². The van der Waals surface area contributed by atoms with Gasteiger partial charge in [-0.2, -0.15) is 5.10 Å². The molecule has 4 rings (SSSR count). The lowest BCUT2D eigenvalue weighted by atomic mass is 10.1. The van der Waals surface area contributed by atoms with E-state index in [1.54, 1.807) is 55.6 Å². The number of hydrogen-bond donors (Lipinski definition) is 1. The summed E-state index contributed by atoms with van der Waals surface area (Å²) in [7, 11) is 3.12. The van der Waals surface area contributed by atoms with E-state index in [-0.39, 0.29) is 11.6 Å². The predicted molar refractivity (Wildman–Crippen MR) is 114 cm³/mol. The van der Waals surface area contributed by atoms with Crippen LogP contribution in [0.25, 0.3) is 16.9 Å². The number of nitrogens with one attached hydrogen (secondary N) is 1. The Hall–Kier alpha value is -4.13. The lowest BCUT2D eigenvalue weighted by Crippen LogP contribution is -2.13. The topological polar surface area (TPSA) is 78.3 Å². The molecule has 7 heteroatoms. The SMILES string of the molecule is COc1cc(NC(=O)c2cc(-c3ccncc3)n(-c3ccccc3)n2)cc(OC)c1. The molecule has 2 aromatic carbocycles. The van der Waals surface area contributed by atoms with Crippen LogP contribution in [-0.2, 0) is 0 Å². The van der Waals surface area contributed by atoms with E-state index in [0.717, 1.165) is 16.9 Å². The van der Waals surface area contributed by atoms with Crippen molar-refractivity contribution in [1.82, 2.24) is 14.8 Å². The van der Waals surface area contributed by atoms with Gasteiger partial charge >= 0.3 is 0 Å². The number of hydrogen-bond acceptors (Lipinski definition) is 5. The molecule has 30 heavy (non-hydrogen) atoms. The molecule has 0 atom stereocenters. The van der Waals surface area contributed by atoms with E-state index in [1.165, 1.54) is 0 Å². The van der Waals surface area contributed by atoms with Crippen LogP contribution in [0.5, 0.6) is 11.5 Å². The molecule has 0 saturated carbocycles. The van der Waals surface area contributed by atoms with Gasteiger partial charge in [0.2, 0.25) is 0 Å². The van der Waals surface area contributed by atoms with Gasteiger partial charge in [-0.3, -0.25) is 9.78 Å². The minimum atomic E-state index is -0.338. The number of aromatic nitrogens is 3. The number of carbonyl (C=O) groups excluding carboxylic acids is 1. The van der Waals surface area contributed by atoms with Crippen LogP contribution in [0.1, 0.15) is 10.5 Å². The monoisotopic (exact) mass is 400 g/mol. The highest BCUT2D eigenvalue weighted by Gasteiger charge is 2.17. The average Bonchev–Trinajstić information content (AvgIpc) is 3.26. The van der Waals surface area contributed by atoms with E-state index in [0.29, 0.717) is 17.2 Å². The Bertz CT molecular complexity index is 1080. The fraction of sp³-hybridized carbons (Fsp3) is 0.0870. The van der Waals surface area contributed by atoms with Gasteiger partial charge in [0, 0.05) is 41.8 Å². The summed E-state index contributed by atoms with van der Waals surface area (Å²) in [5.41, 5.74) is 3.38. The highest BCUT2D eigenvalue weighted by Crippen LogP contribution is 2.27. The minimum absolute atomic E-state index is 0.285. The Morgan fingerprint density at radius 1 is 0.900 bits per heavy atom. The number of benzene rings is 2. The zero-order chi connectivity index (χ0) is 20.9. The number of pyridine rings is 1. The maximum Gasteiger partial charge on any atom is 0.276 e. The van der Waals surface area contributed by atoms with Crippen molar-refractivity contribution >= 4 is 11.6 Å². The second-order valence-corrected chi connectivity index (χ2v) is 6.45. The molecule has 0 aliphatic heterocycles. The van der Waals surface area contributed by atoms with Crippen molar-refractivity contribution in [3.63, 3.8) is 0 Å². The Morgan fingerprint density at radius 2 is 1.57 bits per heavy atom. The zero-order valence-corrected chi connectivity index (χ0v) is 16.6. The summed E-state index contributed by atoms with van der Waals surface area (Å²) < 4.78 is 12.3. The van der Waals surface area contributed by atoms with Crippen molar-refractivity contribution in [3.05, 3.63) is 84.8 Å². The van der Waals surface area contributed by atoms with Crippen molar-refractivity contribution in [1.29, 1.82) is 0 Å². The van der Waals surface area contributed by atoms with E-state index < -0.39 is 0 Å². The number of anilines is 1. The fourth-order valence-corrected chi connectivity index (χ4v) is 3.06. The van der Waals surface area contributed by atoms with Crippen LogP contribution in [-0.4, -0.2) is 34.9 Å². The maximum atomic E-state index is 13.0. The normalized spacial score (nSPS) is 10.5. The molecular formula is C23H20N4O3. The predicted octanol–water partition coefficient (Wildman–Crippen LogP) is 4.20. The molecule has 0 spiro atoms. The van der Waals surface area contributed by atoms with Crippen LogP contribution in [0.2, 0.25) is 0 Å². The van der Waals surface area contributed by atoms with Gasteiger partial charge in [-0.15, -0.1) is 0 Å². The first-order valence-corrected chi connectivity index (χ1v) is 9.28. The van der Waals surface area contributed by atoms with Crippen molar-refractivity contribution in [2.75, 3.05) is 19.5 Å². The molecule has 2 aromatic heterocycles. The quantitative estimate of drug-likeness (QED) is 0.525. The highest BCUT2D eigenvalue weighted by molar-refractivity contribution is 6.03. The third-order valence-corrected chi connectivity index (χ3v) is 4.53. The summed E-state index contributed by atoms with van der Waals surface area (Å²) in [6.45, 7) is 0. The molecule has 0 fully saturated rings. The molecule has 7 nitrogen and oxygen atoms in total. The number of carbonyl (C=O) groups is 1. The molecule has 0 radical (unpaired) electrons. The van der Waals surface area contributed by atoms with Crippen LogP contribution in [0.4, 0.5) is 5.69 Å². The van der Waals surface area contributed by atoms with E-state index in [9.17, 15) is 4.79 Å². The van der Waals surface area contributed by atoms with E-state index in [2.05, 4.69) is 15.4 Å². The molecule has 0 aliphatic rings. The van der Waals surface area contributed by atoms with Crippen LogP contribution >= 0.6 is 0 Å². The zero-order valence-electron chi connectivity index (χ0n) is 16.6. The number of nitrogens with zero attached hydrogens (tertiary/aromatic N) is 3. The Labute approximate surface area is 173 Å². The maximum absolute atomic E-state index is 13.0. The summed E-state index contributed by atoms with van der Waals surface area (Å²) in [4.78, 5) is 17.0. The van der Waals surface area contributed by atoms with Gasteiger partial charge in [0.15, 0.2) is 5.69 Å². The first kappa shape index (κ1) is 19.2. The van der Waals surface area contributed by atoms with Crippen LogP contribution in [0, 0.1) is 0 Å². The second kappa shape index (κ2) is 8.48. The summed E-state index contributed by atoms with van der Waals surface area (Å²) >= 11 is 0. The van der Waals surface area contributed by atoms with Gasteiger partial charge in [-0.1, -0.05) is 18.2 Å². The molecule has 0 saturated heterocycles. The molecule has 2 heterocycles. The Balaban J connectivity index is 1.71. The van der Waals surface area contributed by atoms with Crippen molar-refractivity contribution < 1.29 is 14.3 Å². The highest BCUT2D eigenvalue weighted by atomic mass is 16.5. The summed E-state index contributed by atoms with van der Waals surface area (Å²) in [5, 5.41) is 7.42. The van der Waals surface area contributed by atoms with Gasteiger partial charge in [0.25, 0.3) is 5.91 Å². The lowest BCUT2D eigenvalue weighted by Gasteiger charge is -2.09. The summed E-state index contributed by atoms with van der Waals surface area (Å²) in [6, 6.07) is 20.4. The Morgan fingerprint density at radius 3 is 2.20 bits per heavy atom. The molecule has 0 unspecified atom stereocenters. The molecule has 1 amide bonds. The second-order valence-electron chi connectivity index (χ2n) is 6.45. The number of methoxy groups -OCH3 is 2. The van der Waals surface area contributed by atoms with Gasteiger partial charge in [-0.05, 0) is 30.3 Å². The summed E-state index contributed by atoms with van der Waals surface area (Å²) in [5.74, 6) is 0.823. The Kier molecular flexibility index (Phi) is 5.43. The van der Waals surface area contributed by atoms with E-state index >= 15 is 0 Å². The summed E-state index contributed by atoms with van der Waals surface area (Å²) in [6.07, 6.45) is 3.42. The first-order chi connectivity index (χ1) is 14.7. The van der Waals surface area contributed by atoms with Gasteiger partial charge in [0.05, 0.1) is 25.6 Å². The van der Waals surface area contributed by atoms with E-state index in [4.69, 9.17) is 9.47 Å². The molecular weight excluding hydrogens is 380 g/mol.